The molecular formula is C22H16FNO2. The summed E-state index contributed by atoms with van der Waals surface area (Å²) in [5.41, 5.74) is 2.11. The molecule has 3 aromatic rings. The first-order valence-corrected chi connectivity index (χ1v) is 8.07. The van der Waals surface area contributed by atoms with Crippen molar-refractivity contribution in [2.45, 2.75) is 0 Å². The predicted octanol–water partition coefficient (Wildman–Crippen LogP) is 4.71. The number of nitrogens with one attached hydrogen (secondary N) is 1. The molecule has 0 saturated heterocycles. The van der Waals surface area contributed by atoms with Crippen molar-refractivity contribution < 1.29 is 14.0 Å². The fraction of sp³-hybridized carbons (Fsp3) is 0. The topological polar surface area (TPSA) is 46.2 Å². The van der Waals surface area contributed by atoms with Crippen LogP contribution in [0, 0.1) is 5.82 Å². The second-order valence-electron chi connectivity index (χ2n) is 5.61. The van der Waals surface area contributed by atoms with E-state index in [9.17, 15) is 14.0 Å². The van der Waals surface area contributed by atoms with E-state index in [1.54, 1.807) is 66.7 Å². The van der Waals surface area contributed by atoms with Crippen LogP contribution in [0.5, 0.6) is 0 Å². The number of hydrogen-bond acceptors (Lipinski definition) is 2. The second kappa shape index (κ2) is 8.03. The van der Waals surface area contributed by atoms with Crippen molar-refractivity contribution in [1.82, 2.24) is 0 Å². The van der Waals surface area contributed by atoms with E-state index in [0.29, 0.717) is 22.4 Å². The first-order chi connectivity index (χ1) is 12.6. The third-order valence-electron chi connectivity index (χ3n) is 3.76. The molecule has 1 amide bonds. The summed E-state index contributed by atoms with van der Waals surface area (Å²) in [6.45, 7) is 0. The number of anilines is 1. The average molecular weight is 345 g/mol. The summed E-state index contributed by atoms with van der Waals surface area (Å²) in [6, 6.07) is 21.5. The Balaban J connectivity index is 1.77. The van der Waals surface area contributed by atoms with Crippen LogP contribution in [0.15, 0.2) is 84.9 Å². The highest BCUT2D eigenvalue weighted by Gasteiger charge is 2.13. The zero-order valence-electron chi connectivity index (χ0n) is 13.9. The zero-order chi connectivity index (χ0) is 18.4. The average Bonchev–Trinajstić information content (AvgIpc) is 2.68. The third kappa shape index (κ3) is 4.30. The van der Waals surface area contributed by atoms with Gasteiger partial charge in [-0.05, 0) is 35.9 Å². The largest absolute Gasteiger partial charge is 0.322 e. The molecule has 26 heavy (non-hydrogen) atoms. The van der Waals surface area contributed by atoms with Gasteiger partial charge in [-0.1, -0.05) is 54.6 Å². The highest BCUT2D eigenvalue weighted by atomic mass is 19.1. The van der Waals surface area contributed by atoms with E-state index >= 15 is 0 Å². The molecule has 4 heteroatoms. The Bertz CT molecular complexity index is 947. The van der Waals surface area contributed by atoms with Gasteiger partial charge in [0, 0.05) is 17.2 Å². The van der Waals surface area contributed by atoms with Crippen molar-refractivity contribution >= 4 is 23.5 Å². The number of ketones is 1. The van der Waals surface area contributed by atoms with Crippen LogP contribution in [0.3, 0.4) is 0 Å². The van der Waals surface area contributed by atoms with Gasteiger partial charge in [0.05, 0.1) is 5.69 Å². The van der Waals surface area contributed by atoms with Crippen molar-refractivity contribution in [3.8, 4) is 0 Å². The Hall–Kier alpha value is -3.53. The summed E-state index contributed by atoms with van der Waals surface area (Å²) >= 11 is 0. The molecule has 0 aliphatic carbocycles. The lowest BCUT2D eigenvalue weighted by atomic mass is 10.0. The van der Waals surface area contributed by atoms with Crippen LogP contribution in [0.2, 0.25) is 0 Å². The molecular weight excluding hydrogens is 329 g/mol. The number of benzene rings is 3. The standard InChI is InChI=1S/C22H16FNO2/c23-18-13-10-16(11-14-18)12-15-21(25)24-20-9-5-4-8-19(20)22(26)17-6-2-1-3-7-17/h1-15H,(H,24,25)/b15-12+. The first-order valence-electron chi connectivity index (χ1n) is 8.07. The van der Waals surface area contributed by atoms with Gasteiger partial charge >= 0.3 is 0 Å². The molecule has 3 nitrogen and oxygen atoms in total. The van der Waals surface area contributed by atoms with Gasteiger partial charge in [0.2, 0.25) is 5.91 Å². The van der Waals surface area contributed by atoms with Crippen LogP contribution in [-0.2, 0) is 4.79 Å². The van der Waals surface area contributed by atoms with E-state index in [1.807, 2.05) is 6.07 Å². The van der Waals surface area contributed by atoms with Gasteiger partial charge in [0.15, 0.2) is 5.78 Å². The number of amides is 1. The molecule has 3 aromatic carbocycles. The number of halogens is 1. The van der Waals surface area contributed by atoms with Crippen molar-refractivity contribution in [1.29, 1.82) is 0 Å². The Kier molecular flexibility index (Phi) is 5.34. The molecule has 0 heterocycles. The minimum Gasteiger partial charge on any atom is -0.322 e. The molecule has 128 valence electrons. The fourth-order valence-electron chi connectivity index (χ4n) is 2.46. The van der Waals surface area contributed by atoms with E-state index in [2.05, 4.69) is 5.32 Å². The van der Waals surface area contributed by atoms with Gasteiger partial charge in [-0.2, -0.15) is 0 Å². The maximum absolute atomic E-state index is 12.9. The van der Waals surface area contributed by atoms with E-state index < -0.39 is 0 Å². The summed E-state index contributed by atoms with van der Waals surface area (Å²) in [5, 5.41) is 2.72. The van der Waals surface area contributed by atoms with Gasteiger partial charge in [-0.25, -0.2) is 4.39 Å². The maximum atomic E-state index is 12.9. The number of carbonyl (C=O) groups is 2. The molecule has 0 aliphatic heterocycles. The summed E-state index contributed by atoms with van der Waals surface area (Å²) in [4.78, 5) is 24.8. The van der Waals surface area contributed by atoms with Crippen LogP contribution >= 0.6 is 0 Å². The van der Waals surface area contributed by atoms with E-state index in [-0.39, 0.29) is 17.5 Å². The number of hydrogen-bond donors (Lipinski definition) is 1. The molecule has 0 radical (unpaired) electrons. The van der Waals surface area contributed by atoms with E-state index in [1.165, 1.54) is 18.2 Å². The molecule has 0 atom stereocenters. The summed E-state index contributed by atoms with van der Waals surface area (Å²) < 4.78 is 12.9. The van der Waals surface area contributed by atoms with Crippen LogP contribution in [0.4, 0.5) is 10.1 Å². The van der Waals surface area contributed by atoms with Gasteiger partial charge in [0.1, 0.15) is 5.82 Å². The Morgan fingerprint density at radius 2 is 1.46 bits per heavy atom. The van der Waals surface area contributed by atoms with Crippen molar-refractivity contribution in [3.05, 3.63) is 107 Å². The van der Waals surface area contributed by atoms with Crippen LogP contribution in [0.1, 0.15) is 21.5 Å². The normalized spacial score (nSPS) is 10.7. The Labute approximate surface area is 150 Å². The van der Waals surface area contributed by atoms with Gasteiger partial charge in [-0.3, -0.25) is 9.59 Å². The smallest absolute Gasteiger partial charge is 0.248 e. The van der Waals surface area contributed by atoms with Crippen molar-refractivity contribution in [2.75, 3.05) is 5.32 Å². The van der Waals surface area contributed by atoms with Gasteiger partial charge < -0.3 is 5.32 Å². The van der Waals surface area contributed by atoms with Gasteiger partial charge in [0.25, 0.3) is 0 Å². The molecule has 0 bridgehead atoms. The summed E-state index contributed by atoms with van der Waals surface area (Å²) in [5.74, 6) is -0.869. The first kappa shape index (κ1) is 17.3. The number of carbonyl (C=O) groups excluding carboxylic acids is 2. The molecule has 3 rings (SSSR count). The highest BCUT2D eigenvalue weighted by molar-refractivity contribution is 6.14. The third-order valence-corrected chi connectivity index (χ3v) is 3.76. The number of rotatable bonds is 5. The minimum absolute atomic E-state index is 0.163. The Morgan fingerprint density at radius 3 is 2.19 bits per heavy atom. The molecule has 0 aromatic heterocycles. The van der Waals surface area contributed by atoms with Crippen molar-refractivity contribution in [3.63, 3.8) is 0 Å². The lowest BCUT2D eigenvalue weighted by Crippen LogP contribution is -2.12. The molecule has 0 fully saturated rings. The van der Waals surface area contributed by atoms with Gasteiger partial charge in [-0.15, -0.1) is 0 Å². The summed E-state index contributed by atoms with van der Waals surface area (Å²) in [6.07, 6.45) is 2.92. The molecule has 1 N–H and O–H groups in total. The van der Waals surface area contributed by atoms with Crippen molar-refractivity contribution in [2.24, 2.45) is 0 Å². The van der Waals surface area contributed by atoms with Crippen LogP contribution < -0.4 is 5.32 Å². The second-order valence-corrected chi connectivity index (χ2v) is 5.61. The molecule has 0 spiro atoms. The number of para-hydroxylation sites is 1. The zero-order valence-corrected chi connectivity index (χ0v) is 13.9. The highest BCUT2D eigenvalue weighted by Crippen LogP contribution is 2.19. The fourth-order valence-corrected chi connectivity index (χ4v) is 2.46. The van der Waals surface area contributed by atoms with Crippen LogP contribution in [-0.4, -0.2) is 11.7 Å². The van der Waals surface area contributed by atoms with Crippen LogP contribution in [0.25, 0.3) is 6.08 Å². The lowest BCUT2D eigenvalue weighted by Gasteiger charge is -2.09. The summed E-state index contributed by atoms with van der Waals surface area (Å²) in [7, 11) is 0. The molecule has 0 aliphatic rings. The Morgan fingerprint density at radius 1 is 0.808 bits per heavy atom. The quantitative estimate of drug-likeness (QED) is 0.538. The SMILES string of the molecule is O=C(/C=C/c1ccc(F)cc1)Nc1ccccc1C(=O)c1ccccc1. The monoisotopic (exact) mass is 345 g/mol. The predicted molar refractivity (Wildman–Crippen MR) is 100 cm³/mol. The maximum Gasteiger partial charge on any atom is 0.248 e. The van der Waals surface area contributed by atoms with E-state index in [0.717, 1.165) is 0 Å². The lowest BCUT2D eigenvalue weighted by molar-refractivity contribution is -0.111. The molecule has 0 unspecified atom stereocenters. The van der Waals surface area contributed by atoms with E-state index in [4.69, 9.17) is 0 Å². The molecule has 0 saturated carbocycles. The minimum atomic E-state index is -0.373.